The summed E-state index contributed by atoms with van der Waals surface area (Å²) in [5.74, 6) is 3.33. The lowest BCUT2D eigenvalue weighted by molar-refractivity contribution is -0.127. The van der Waals surface area contributed by atoms with Crippen molar-refractivity contribution in [2.45, 2.75) is 128 Å². The van der Waals surface area contributed by atoms with Gasteiger partial charge in [0.2, 0.25) is 0 Å². The molecule has 2 aliphatic rings. The molecule has 182 valence electrons. The zero-order chi connectivity index (χ0) is 22.8. The average Bonchev–Trinajstić information content (AvgIpc) is 2.79. The largest absolute Gasteiger partial charge is 0.393 e. The van der Waals surface area contributed by atoms with Crippen molar-refractivity contribution in [1.29, 1.82) is 0 Å². The van der Waals surface area contributed by atoms with Crippen LogP contribution in [-0.4, -0.2) is 6.18 Å². The monoisotopic (exact) mass is 450 g/mol. The zero-order valence-electron chi connectivity index (χ0n) is 20.3. The Morgan fingerprint density at radius 2 is 1.22 bits per heavy atom. The number of alkyl halides is 3. The Kier molecular flexibility index (Phi) is 10.4. The van der Waals surface area contributed by atoms with Crippen LogP contribution >= 0.6 is 0 Å². The average molecular weight is 451 g/mol. The summed E-state index contributed by atoms with van der Waals surface area (Å²) in [6.07, 6.45) is 17.2. The van der Waals surface area contributed by atoms with E-state index in [4.69, 9.17) is 0 Å². The molecule has 0 bridgehead atoms. The van der Waals surface area contributed by atoms with Gasteiger partial charge in [0, 0.05) is 0 Å². The molecule has 0 spiro atoms. The van der Waals surface area contributed by atoms with Crippen molar-refractivity contribution in [3.63, 3.8) is 0 Å². The Morgan fingerprint density at radius 1 is 0.688 bits per heavy atom. The first-order valence-electron chi connectivity index (χ1n) is 13.6. The summed E-state index contributed by atoms with van der Waals surface area (Å²) in [5, 5.41) is 0. The van der Waals surface area contributed by atoms with Gasteiger partial charge in [0.25, 0.3) is 0 Å². The van der Waals surface area contributed by atoms with Gasteiger partial charge < -0.3 is 0 Å². The predicted molar refractivity (Wildman–Crippen MR) is 129 cm³/mol. The van der Waals surface area contributed by atoms with E-state index in [1.54, 1.807) is 12.1 Å². The van der Waals surface area contributed by atoms with Gasteiger partial charge in [-0.3, -0.25) is 0 Å². The van der Waals surface area contributed by atoms with Crippen LogP contribution in [-0.2, 0) is 6.42 Å². The molecule has 0 unspecified atom stereocenters. The molecular formula is C29H45F3. The molecule has 3 rings (SSSR count). The van der Waals surface area contributed by atoms with Gasteiger partial charge in [-0.05, 0) is 73.3 Å². The fourth-order valence-electron chi connectivity index (χ4n) is 6.40. The van der Waals surface area contributed by atoms with Crippen molar-refractivity contribution in [1.82, 2.24) is 0 Å². The summed E-state index contributed by atoms with van der Waals surface area (Å²) in [6.45, 7) is 2.28. The molecule has 2 aliphatic carbocycles. The predicted octanol–water partition coefficient (Wildman–Crippen LogP) is 10.0. The number of halogens is 3. The topological polar surface area (TPSA) is 0 Å². The van der Waals surface area contributed by atoms with Crippen molar-refractivity contribution >= 4 is 0 Å². The van der Waals surface area contributed by atoms with Gasteiger partial charge >= 0.3 is 6.18 Å². The highest BCUT2D eigenvalue weighted by Gasteiger charge is 2.31. The van der Waals surface area contributed by atoms with Crippen LogP contribution in [0.2, 0.25) is 0 Å². The zero-order valence-corrected chi connectivity index (χ0v) is 20.3. The third-order valence-electron chi connectivity index (χ3n) is 8.40. The molecule has 0 saturated heterocycles. The molecule has 0 heterocycles. The van der Waals surface area contributed by atoms with Crippen LogP contribution in [0.3, 0.4) is 0 Å². The van der Waals surface area contributed by atoms with Gasteiger partial charge in [-0.25, -0.2) is 0 Å². The first kappa shape index (κ1) is 25.6. The van der Waals surface area contributed by atoms with Gasteiger partial charge in [-0.2, -0.15) is 13.2 Å². The lowest BCUT2D eigenvalue weighted by Crippen LogP contribution is -2.25. The normalized spacial score (nSPS) is 26.9. The lowest BCUT2D eigenvalue weighted by atomic mass is 9.68. The SMILES string of the molecule is CCCCCCCCC[C@H]1CC[C@H]([C@H]2CC[C@H](c3ccc(CC(F)(F)F)cc3)CC2)CC1. The van der Waals surface area contributed by atoms with E-state index in [2.05, 4.69) is 6.92 Å². The summed E-state index contributed by atoms with van der Waals surface area (Å²) in [4.78, 5) is 0. The summed E-state index contributed by atoms with van der Waals surface area (Å²) in [5.41, 5.74) is 1.62. The van der Waals surface area contributed by atoms with E-state index in [9.17, 15) is 13.2 Å². The van der Waals surface area contributed by atoms with E-state index < -0.39 is 12.6 Å². The molecule has 3 heteroatoms. The second kappa shape index (κ2) is 13.0. The maximum atomic E-state index is 12.6. The highest BCUT2D eigenvalue weighted by molar-refractivity contribution is 5.26. The van der Waals surface area contributed by atoms with E-state index in [0.29, 0.717) is 11.5 Å². The summed E-state index contributed by atoms with van der Waals surface area (Å²) >= 11 is 0. The van der Waals surface area contributed by atoms with E-state index in [-0.39, 0.29) is 0 Å². The summed E-state index contributed by atoms with van der Waals surface area (Å²) in [7, 11) is 0. The van der Waals surface area contributed by atoms with Crippen LogP contribution in [0, 0.1) is 17.8 Å². The van der Waals surface area contributed by atoms with Gasteiger partial charge in [0.1, 0.15) is 0 Å². The molecule has 1 aromatic rings. The number of benzene rings is 1. The fourth-order valence-corrected chi connectivity index (χ4v) is 6.40. The van der Waals surface area contributed by atoms with Crippen LogP contribution in [0.25, 0.3) is 0 Å². The quantitative estimate of drug-likeness (QED) is 0.294. The van der Waals surface area contributed by atoms with E-state index in [1.807, 2.05) is 12.1 Å². The highest BCUT2D eigenvalue weighted by Crippen LogP contribution is 2.44. The van der Waals surface area contributed by atoms with Crippen LogP contribution in [0.15, 0.2) is 24.3 Å². The van der Waals surface area contributed by atoms with Gasteiger partial charge in [0.15, 0.2) is 0 Å². The molecule has 32 heavy (non-hydrogen) atoms. The number of hydrogen-bond donors (Lipinski definition) is 0. The summed E-state index contributed by atoms with van der Waals surface area (Å²) < 4.78 is 37.7. The van der Waals surface area contributed by atoms with Crippen LogP contribution < -0.4 is 0 Å². The maximum absolute atomic E-state index is 12.6. The first-order valence-corrected chi connectivity index (χ1v) is 13.6. The molecule has 0 aliphatic heterocycles. The Bertz CT molecular complexity index is 617. The van der Waals surface area contributed by atoms with Crippen molar-refractivity contribution in [2.75, 3.05) is 0 Å². The molecular weight excluding hydrogens is 405 g/mol. The molecule has 0 amide bonds. The number of rotatable bonds is 11. The van der Waals surface area contributed by atoms with Crippen LogP contribution in [0.5, 0.6) is 0 Å². The smallest absolute Gasteiger partial charge is 0.171 e. The first-order chi connectivity index (χ1) is 15.4. The molecule has 0 N–H and O–H groups in total. The van der Waals surface area contributed by atoms with Gasteiger partial charge in [-0.15, -0.1) is 0 Å². The van der Waals surface area contributed by atoms with Crippen molar-refractivity contribution in [3.8, 4) is 0 Å². The Labute approximate surface area is 194 Å². The van der Waals surface area contributed by atoms with Gasteiger partial charge in [0.05, 0.1) is 6.42 Å². The van der Waals surface area contributed by atoms with Crippen LogP contribution in [0.1, 0.15) is 127 Å². The summed E-state index contributed by atoms with van der Waals surface area (Å²) in [6, 6.07) is 7.25. The van der Waals surface area contributed by atoms with E-state index in [1.165, 1.54) is 108 Å². The molecule has 0 atom stereocenters. The molecule has 0 radical (unpaired) electrons. The molecule has 2 fully saturated rings. The third-order valence-corrected chi connectivity index (χ3v) is 8.40. The van der Waals surface area contributed by atoms with Crippen molar-refractivity contribution < 1.29 is 13.2 Å². The second-order valence-corrected chi connectivity index (χ2v) is 10.8. The maximum Gasteiger partial charge on any atom is 0.393 e. The Morgan fingerprint density at radius 3 is 1.78 bits per heavy atom. The van der Waals surface area contributed by atoms with E-state index >= 15 is 0 Å². The standard InChI is InChI=1S/C29H45F3/c1-2-3-4-5-6-7-8-9-23-10-14-25(15-11-23)27-18-20-28(21-19-27)26-16-12-24(13-17-26)22-29(30,31)32/h12-13,16-17,23,25,27-28H,2-11,14-15,18-22H2,1H3/t23-,25-,27-,28-. The van der Waals surface area contributed by atoms with Crippen molar-refractivity contribution in [3.05, 3.63) is 35.4 Å². The van der Waals surface area contributed by atoms with E-state index in [0.717, 1.165) is 17.8 Å². The minimum absolute atomic E-state index is 0.378. The minimum atomic E-state index is -4.12. The number of unbranched alkanes of at least 4 members (excludes halogenated alkanes) is 6. The second-order valence-electron chi connectivity index (χ2n) is 10.8. The lowest BCUT2D eigenvalue weighted by Gasteiger charge is -2.38. The highest BCUT2D eigenvalue weighted by atomic mass is 19.4. The molecule has 0 aromatic heterocycles. The third kappa shape index (κ3) is 8.75. The molecule has 0 nitrogen and oxygen atoms in total. The number of hydrogen-bond acceptors (Lipinski definition) is 0. The fraction of sp³-hybridized carbons (Fsp3) is 0.793. The molecule has 2 saturated carbocycles. The van der Waals surface area contributed by atoms with Crippen LogP contribution in [0.4, 0.5) is 13.2 Å². The Hall–Kier alpha value is -0.990. The van der Waals surface area contributed by atoms with Gasteiger partial charge in [-0.1, -0.05) is 95.4 Å². The Balaban J connectivity index is 1.31. The van der Waals surface area contributed by atoms with Crippen molar-refractivity contribution in [2.24, 2.45) is 17.8 Å². The molecule has 1 aromatic carbocycles. The minimum Gasteiger partial charge on any atom is -0.171 e.